The Kier molecular flexibility index (Phi) is 3.78. The first kappa shape index (κ1) is 13.8. The number of benzene rings is 1. The molecule has 2 nitrogen and oxygen atoms in total. The van der Waals surface area contributed by atoms with Crippen molar-refractivity contribution in [3.8, 4) is 0 Å². The van der Waals surface area contributed by atoms with E-state index in [4.69, 9.17) is 0 Å². The predicted molar refractivity (Wildman–Crippen MR) is 61.0 cm³/mol. The SMILES string of the molecule is O=C(NC1CCC(F)(F)CC1)c1ccc(F)c(F)c1. The number of carbonyl (C=O) groups is 1. The first-order valence-electron chi connectivity index (χ1n) is 6.01. The van der Waals surface area contributed by atoms with Gasteiger partial charge < -0.3 is 5.32 Å². The van der Waals surface area contributed by atoms with Gasteiger partial charge >= 0.3 is 0 Å². The Morgan fingerprint density at radius 3 is 2.37 bits per heavy atom. The largest absolute Gasteiger partial charge is 0.349 e. The van der Waals surface area contributed by atoms with Crippen molar-refractivity contribution in [3.05, 3.63) is 35.4 Å². The molecule has 1 aromatic carbocycles. The van der Waals surface area contributed by atoms with Crippen LogP contribution in [0.1, 0.15) is 36.0 Å². The molecule has 0 heterocycles. The van der Waals surface area contributed by atoms with E-state index in [-0.39, 0.29) is 37.3 Å². The van der Waals surface area contributed by atoms with Gasteiger partial charge in [0.15, 0.2) is 11.6 Å². The zero-order valence-corrected chi connectivity index (χ0v) is 10.1. The van der Waals surface area contributed by atoms with Gasteiger partial charge in [0.2, 0.25) is 5.92 Å². The van der Waals surface area contributed by atoms with Gasteiger partial charge in [-0.05, 0) is 31.0 Å². The highest BCUT2D eigenvalue weighted by molar-refractivity contribution is 5.94. The lowest BCUT2D eigenvalue weighted by Gasteiger charge is -2.28. The van der Waals surface area contributed by atoms with Crippen molar-refractivity contribution in [2.75, 3.05) is 0 Å². The summed E-state index contributed by atoms with van der Waals surface area (Å²) in [5.74, 6) is -5.38. The summed E-state index contributed by atoms with van der Waals surface area (Å²) in [6, 6.07) is 2.47. The van der Waals surface area contributed by atoms with E-state index in [0.717, 1.165) is 18.2 Å². The molecule has 1 aliphatic carbocycles. The number of carbonyl (C=O) groups excluding carboxylic acids is 1. The Bertz CT molecular complexity index is 480. The lowest BCUT2D eigenvalue weighted by molar-refractivity contribution is -0.0399. The molecule has 1 N–H and O–H groups in total. The third-order valence-corrected chi connectivity index (χ3v) is 3.23. The normalized spacial score (nSPS) is 19.2. The molecule has 0 aliphatic heterocycles. The van der Waals surface area contributed by atoms with Crippen LogP contribution in [0.3, 0.4) is 0 Å². The first-order chi connectivity index (χ1) is 8.87. The van der Waals surface area contributed by atoms with E-state index in [0.29, 0.717) is 0 Å². The average Bonchev–Trinajstić information content (AvgIpc) is 2.35. The van der Waals surface area contributed by atoms with Crippen LogP contribution in [-0.2, 0) is 0 Å². The molecule has 1 aromatic rings. The minimum atomic E-state index is -2.66. The van der Waals surface area contributed by atoms with Crippen LogP contribution in [0.25, 0.3) is 0 Å². The van der Waals surface area contributed by atoms with Crippen LogP contribution in [0.4, 0.5) is 17.6 Å². The first-order valence-corrected chi connectivity index (χ1v) is 6.01. The summed E-state index contributed by atoms with van der Waals surface area (Å²) < 4.78 is 51.5. The van der Waals surface area contributed by atoms with Crippen molar-refractivity contribution >= 4 is 5.91 Å². The summed E-state index contributed by atoms with van der Waals surface area (Å²) >= 11 is 0. The molecule has 0 bridgehead atoms. The van der Waals surface area contributed by atoms with Gasteiger partial charge in [0, 0.05) is 24.4 Å². The summed E-state index contributed by atoms with van der Waals surface area (Å²) in [5.41, 5.74) is -0.0174. The van der Waals surface area contributed by atoms with Gasteiger partial charge in [-0.25, -0.2) is 17.6 Å². The fourth-order valence-corrected chi connectivity index (χ4v) is 2.09. The van der Waals surface area contributed by atoms with Gasteiger partial charge in [-0.2, -0.15) is 0 Å². The van der Waals surface area contributed by atoms with Crippen LogP contribution >= 0.6 is 0 Å². The molecule has 104 valence electrons. The van der Waals surface area contributed by atoms with Crippen LogP contribution in [0.2, 0.25) is 0 Å². The second kappa shape index (κ2) is 5.19. The van der Waals surface area contributed by atoms with Gasteiger partial charge in [-0.1, -0.05) is 0 Å². The number of alkyl halides is 2. The van der Waals surface area contributed by atoms with Crippen LogP contribution in [0, 0.1) is 11.6 Å². The number of hydrogen-bond donors (Lipinski definition) is 1. The van der Waals surface area contributed by atoms with E-state index >= 15 is 0 Å². The van der Waals surface area contributed by atoms with Gasteiger partial charge in [0.05, 0.1) is 0 Å². The maximum Gasteiger partial charge on any atom is 0.251 e. The lowest BCUT2D eigenvalue weighted by atomic mass is 9.92. The molecule has 1 saturated carbocycles. The standard InChI is InChI=1S/C13H13F4NO/c14-10-2-1-8(7-11(10)15)12(19)18-9-3-5-13(16,17)6-4-9/h1-2,7,9H,3-6H2,(H,18,19). The Labute approximate surface area is 107 Å². The third kappa shape index (κ3) is 3.45. The van der Waals surface area contributed by atoms with Crippen molar-refractivity contribution in [2.24, 2.45) is 0 Å². The van der Waals surface area contributed by atoms with Crippen molar-refractivity contribution in [2.45, 2.75) is 37.6 Å². The fraction of sp³-hybridized carbons (Fsp3) is 0.462. The maximum absolute atomic E-state index is 13.0. The molecular weight excluding hydrogens is 262 g/mol. The highest BCUT2D eigenvalue weighted by Gasteiger charge is 2.35. The third-order valence-electron chi connectivity index (χ3n) is 3.23. The topological polar surface area (TPSA) is 29.1 Å². The van der Waals surface area contributed by atoms with E-state index in [1.54, 1.807) is 0 Å². The second-order valence-corrected chi connectivity index (χ2v) is 4.73. The fourth-order valence-electron chi connectivity index (χ4n) is 2.09. The molecule has 2 rings (SSSR count). The van der Waals surface area contributed by atoms with Crippen LogP contribution in [0.15, 0.2) is 18.2 Å². The van der Waals surface area contributed by atoms with E-state index in [2.05, 4.69) is 5.32 Å². The molecule has 19 heavy (non-hydrogen) atoms. The summed E-state index contributed by atoms with van der Waals surface area (Å²) in [6.45, 7) is 0. The number of rotatable bonds is 2. The van der Waals surface area contributed by atoms with Crippen molar-refractivity contribution in [1.82, 2.24) is 5.32 Å². The second-order valence-electron chi connectivity index (χ2n) is 4.73. The van der Waals surface area contributed by atoms with Crippen LogP contribution in [0.5, 0.6) is 0 Å². The molecular formula is C13H13F4NO. The highest BCUT2D eigenvalue weighted by atomic mass is 19.3. The van der Waals surface area contributed by atoms with Crippen LogP contribution < -0.4 is 5.32 Å². The molecule has 0 aromatic heterocycles. The summed E-state index contributed by atoms with van der Waals surface area (Å²) in [7, 11) is 0. The molecule has 1 amide bonds. The Morgan fingerprint density at radius 2 is 1.79 bits per heavy atom. The smallest absolute Gasteiger partial charge is 0.251 e. The monoisotopic (exact) mass is 275 g/mol. The summed E-state index contributed by atoms with van der Waals surface area (Å²) in [5, 5.41) is 2.56. The summed E-state index contributed by atoms with van der Waals surface area (Å²) in [4.78, 5) is 11.8. The Morgan fingerprint density at radius 1 is 1.16 bits per heavy atom. The van der Waals surface area contributed by atoms with Crippen LogP contribution in [-0.4, -0.2) is 17.9 Å². The summed E-state index contributed by atoms with van der Waals surface area (Å²) in [6.07, 6.45) is -0.170. The molecule has 1 fully saturated rings. The zero-order valence-electron chi connectivity index (χ0n) is 10.1. The van der Waals surface area contributed by atoms with Gasteiger partial charge in [0.25, 0.3) is 5.91 Å². The Hall–Kier alpha value is -1.59. The van der Waals surface area contributed by atoms with Gasteiger partial charge in [0.1, 0.15) is 0 Å². The van der Waals surface area contributed by atoms with Gasteiger partial charge in [-0.15, -0.1) is 0 Å². The van der Waals surface area contributed by atoms with E-state index in [1.165, 1.54) is 0 Å². The highest BCUT2D eigenvalue weighted by Crippen LogP contribution is 2.33. The van der Waals surface area contributed by atoms with Crippen molar-refractivity contribution in [3.63, 3.8) is 0 Å². The number of nitrogens with one attached hydrogen (secondary N) is 1. The molecule has 0 atom stereocenters. The molecule has 0 radical (unpaired) electrons. The Balaban J connectivity index is 1.96. The predicted octanol–water partition coefficient (Wildman–Crippen LogP) is 3.27. The van der Waals surface area contributed by atoms with E-state index < -0.39 is 23.5 Å². The minimum Gasteiger partial charge on any atom is -0.349 e. The van der Waals surface area contributed by atoms with E-state index in [9.17, 15) is 22.4 Å². The average molecular weight is 275 g/mol. The maximum atomic E-state index is 13.0. The minimum absolute atomic E-state index is 0.0174. The molecule has 0 spiro atoms. The quantitative estimate of drug-likeness (QED) is 0.825. The zero-order chi connectivity index (χ0) is 14.0. The molecule has 1 aliphatic rings. The molecule has 0 saturated heterocycles. The van der Waals surface area contributed by atoms with E-state index in [1.807, 2.05) is 0 Å². The van der Waals surface area contributed by atoms with Gasteiger partial charge in [-0.3, -0.25) is 4.79 Å². The van der Waals surface area contributed by atoms with Crippen molar-refractivity contribution < 1.29 is 22.4 Å². The number of hydrogen-bond acceptors (Lipinski definition) is 1. The molecule has 0 unspecified atom stereocenters. The lowest BCUT2D eigenvalue weighted by Crippen LogP contribution is -2.40. The number of halogens is 4. The van der Waals surface area contributed by atoms with Crippen molar-refractivity contribution in [1.29, 1.82) is 0 Å². The molecule has 6 heteroatoms. The number of amides is 1.